The molecule has 0 aromatic heterocycles. The van der Waals surface area contributed by atoms with Crippen LogP contribution in [0.2, 0.25) is 0 Å². The van der Waals surface area contributed by atoms with Crippen molar-refractivity contribution in [3.05, 3.63) is 48.0 Å². The molecule has 3 N–H and O–H groups in total. The molecule has 0 aliphatic heterocycles. The lowest BCUT2D eigenvalue weighted by atomic mass is 10.0. The van der Waals surface area contributed by atoms with Crippen molar-refractivity contribution in [3.63, 3.8) is 0 Å². The molecule has 0 spiro atoms. The molecule has 0 saturated heterocycles. The predicted molar refractivity (Wildman–Crippen MR) is 69.6 cm³/mol. The van der Waals surface area contributed by atoms with Gasteiger partial charge in [0.25, 0.3) is 0 Å². The summed E-state index contributed by atoms with van der Waals surface area (Å²) in [6.07, 6.45) is 0.922. The Bertz CT molecular complexity index is 465. The molecule has 2 nitrogen and oxygen atoms in total. The van der Waals surface area contributed by atoms with E-state index < -0.39 is 0 Å². The molecule has 0 saturated carbocycles. The number of rotatable bonds is 4. The number of nitrogens with two attached hydrogens (primary N) is 1. The molecule has 0 fully saturated rings. The second-order valence-corrected chi connectivity index (χ2v) is 4.20. The lowest BCUT2D eigenvalue weighted by Gasteiger charge is -2.11. The molecule has 2 rings (SSSR count). The van der Waals surface area contributed by atoms with Crippen LogP contribution in [0.1, 0.15) is 5.56 Å². The van der Waals surface area contributed by atoms with Gasteiger partial charge >= 0.3 is 0 Å². The maximum absolute atomic E-state index is 6.00. The molecule has 1 unspecified atom stereocenters. The summed E-state index contributed by atoms with van der Waals surface area (Å²) in [5, 5.41) is 5.67. The minimum absolute atomic E-state index is 0.186. The first kappa shape index (κ1) is 11.1. The van der Waals surface area contributed by atoms with E-state index in [2.05, 4.69) is 47.8 Å². The van der Waals surface area contributed by atoms with Gasteiger partial charge < -0.3 is 11.1 Å². The third-order valence-corrected chi connectivity index (χ3v) is 2.78. The van der Waals surface area contributed by atoms with E-state index in [1.54, 1.807) is 0 Å². The van der Waals surface area contributed by atoms with E-state index in [-0.39, 0.29) is 6.04 Å². The van der Waals surface area contributed by atoms with Crippen molar-refractivity contribution < 1.29 is 0 Å². The largest absolute Gasteiger partial charge is 0.326 e. The van der Waals surface area contributed by atoms with Crippen LogP contribution in [0.15, 0.2) is 42.5 Å². The highest BCUT2D eigenvalue weighted by Crippen LogP contribution is 2.16. The summed E-state index contributed by atoms with van der Waals surface area (Å²) >= 11 is 0. The average molecular weight is 214 g/mol. The predicted octanol–water partition coefficient (Wildman–Crippen LogP) is 1.93. The third-order valence-electron chi connectivity index (χ3n) is 2.78. The SMILES string of the molecule is CNCC(N)Cc1ccc2ccccc2c1. The van der Waals surface area contributed by atoms with Gasteiger partial charge in [0.05, 0.1) is 0 Å². The molecule has 2 aromatic carbocycles. The standard InChI is InChI=1S/C14H18N2/c1-16-10-14(15)9-11-6-7-12-4-2-3-5-13(12)8-11/h2-8,14,16H,9-10,15H2,1H3. The van der Waals surface area contributed by atoms with E-state index in [4.69, 9.17) is 5.73 Å². The molecule has 2 aromatic rings. The van der Waals surface area contributed by atoms with Crippen LogP contribution in [0, 0.1) is 0 Å². The Labute approximate surface area is 96.5 Å². The van der Waals surface area contributed by atoms with E-state index in [9.17, 15) is 0 Å². The van der Waals surface area contributed by atoms with Gasteiger partial charge in [-0.15, -0.1) is 0 Å². The van der Waals surface area contributed by atoms with Crippen molar-refractivity contribution in [2.75, 3.05) is 13.6 Å². The van der Waals surface area contributed by atoms with E-state index in [1.807, 2.05) is 7.05 Å². The number of nitrogens with one attached hydrogen (secondary N) is 1. The van der Waals surface area contributed by atoms with Gasteiger partial charge in [-0.05, 0) is 29.8 Å². The lowest BCUT2D eigenvalue weighted by Crippen LogP contribution is -2.33. The van der Waals surface area contributed by atoms with Gasteiger partial charge in [0.1, 0.15) is 0 Å². The van der Waals surface area contributed by atoms with Crippen molar-refractivity contribution in [1.29, 1.82) is 0 Å². The third kappa shape index (κ3) is 2.60. The van der Waals surface area contributed by atoms with Crippen LogP contribution in [0.25, 0.3) is 10.8 Å². The molecule has 0 bridgehead atoms. The summed E-state index contributed by atoms with van der Waals surface area (Å²) in [7, 11) is 1.93. The van der Waals surface area contributed by atoms with Crippen molar-refractivity contribution in [3.8, 4) is 0 Å². The number of benzene rings is 2. The molecule has 0 heterocycles. The summed E-state index contributed by atoms with van der Waals surface area (Å²) < 4.78 is 0. The highest BCUT2D eigenvalue weighted by atomic mass is 14.9. The quantitative estimate of drug-likeness (QED) is 0.816. The molecule has 0 aliphatic rings. The average Bonchev–Trinajstić information content (AvgIpc) is 2.29. The Hall–Kier alpha value is -1.38. The second-order valence-electron chi connectivity index (χ2n) is 4.20. The molecule has 1 atom stereocenters. The van der Waals surface area contributed by atoms with Gasteiger partial charge in [-0.3, -0.25) is 0 Å². The first-order valence-electron chi connectivity index (χ1n) is 5.67. The fourth-order valence-corrected chi connectivity index (χ4v) is 2.00. The van der Waals surface area contributed by atoms with Gasteiger partial charge in [0.2, 0.25) is 0 Å². The van der Waals surface area contributed by atoms with Crippen molar-refractivity contribution in [1.82, 2.24) is 5.32 Å². The number of hydrogen-bond acceptors (Lipinski definition) is 2. The maximum Gasteiger partial charge on any atom is 0.0206 e. The fourth-order valence-electron chi connectivity index (χ4n) is 2.00. The van der Waals surface area contributed by atoms with Crippen molar-refractivity contribution >= 4 is 10.8 Å². The maximum atomic E-state index is 6.00. The molecule has 0 amide bonds. The second kappa shape index (κ2) is 5.10. The van der Waals surface area contributed by atoms with Crippen LogP contribution < -0.4 is 11.1 Å². The fraction of sp³-hybridized carbons (Fsp3) is 0.286. The molecule has 84 valence electrons. The van der Waals surface area contributed by atoms with Crippen molar-refractivity contribution in [2.45, 2.75) is 12.5 Å². The summed E-state index contributed by atoms with van der Waals surface area (Å²) in [4.78, 5) is 0. The minimum Gasteiger partial charge on any atom is -0.326 e. The van der Waals surface area contributed by atoms with Gasteiger partial charge in [-0.1, -0.05) is 42.5 Å². The van der Waals surface area contributed by atoms with E-state index >= 15 is 0 Å². The summed E-state index contributed by atoms with van der Waals surface area (Å²) in [6.45, 7) is 0.854. The van der Waals surface area contributed by atoms with Crippen LogP contribution in [-0.2, 0) is 6.42 Å². The monoisotopic (exact) mass is 214 g/mol. The summed E-state index contributed by atoms with van der Waals surface area (Å²) in [5.74, 6) is 0. The molecule has 2 heteroatoms. The van der Waals surface area contributed by atoms with E-state index in [0.29, 0.717) is 0 Å². The van der Waals surface area contributed by atoms with Crippen LogP contribution >= 0.6 is 0 Å². The van der Waals surface area contributed by atoms with Gasteiger partial charge in [0.15, 0.2) is 0 Å². The van der Waals surface area contributed by atoms with Crippen LogP contribution in [-0.4, -0.2) is 19.6 Å². The highest BCUT2D eigenvalue weighted by Gasteiger charge is 2.03. The smallest absolute Gasteiger partial charge is 0.0206 e. The molecular weight excluding hydrogens is 196 g/mol. The lowest BCUT2D eigenvalue weighted by molar-refractivity contribution is 0.616. The molecular formula is C14H18N2. The normalized spacial score (nSPS) is 12.9. The summed E-state index contributed by atoms with van der Waals surface area (Å²) in [6, 6.07) is 15.1. The first-order chi connectivity index (χ1) is 7.79. The molecule has 0 aliphatic carbocycles. The minimum atomic E-state index is 0.186. The van der Waals surface area contributed by atoms with Gasteiger partial charge in [-0.25, -0.2) is 0 Å². The zero-order valence-electron chi connectivity index (χ0n) is 9.61. The zero-order valence-corrected chi connectivity index (χ0v) is 9.61. The number of fused-ring (bicyclic) bond motifs is 1. The molecule has 0 radical (unpaired) electrons. The Kier molecular flexibility index (Phi) is 3.54. The van der Waals surface area contributed by atoms with Crippen LogP contribution in [0.4, 0.5) is 0 Å². The Morgan fingerprint density at radius 2 is 1.88 bits per heavy atom. The Morgan fingerprint density at radius 3 is 2.62 bits per heavy atom. The van der Waals surface area contributed by atoms with Crippen LogP contribution in [0.3, 0.4) is 0 Å². The number of likely N-dealkylation sites (N-methyl/N-ethyl adjacent to an activating group) is 1. The topological polar surface area (TPSA) is 38.0 Å². The first-order valence-corrected chi connectivity index (χ1v) is 5.67. The zero-order chi connectivity index (χ0) is 11.4. The molecule has 16 heavy (non-hydrogen) atoms. The van der Waals surface area contributed by atoms with E-state index in [1.165, 1.54) is 16.3 Å². The van der Waals surface area contributed by atoms with Crippen LogP contribution in [0.5, 0.6) is 0 Å². The van der Waals surface area contributed by atoms with E-state index in [0.717, 1.165) is 13.0 Å². The number of hydrogen-bond donors (Lipinski definition) is 2. The summed E-state index contributed by atoms with van der Waals surface area (Å²) in [5.41, 5.74) is 7.30. The Morgan fingerprint density at radius 1 is 1.12 bits per heavy atom. The highest BCUT2D eigenvalue weighted by molar-refractivity contribution is 5.82. The Balaban J connectivity index is 2.19. The van der Waals surface area contributed by atoms with Gasteiger partial charge in [-0.2, -0.15) is 0 Å². The van der Waals surface area contributed by atoms with Crippen molar-refractivity contribution in [2.24, 2.45) is 5.73 Å². The van der Waals surface area contributed by atoms with Gasteiger partial charge in [0, 0.05) is 12.6 Å².